The first-order chi connectivity index (χ1) is 17.6. The standard InChI is InChI=1S/C27H24N4O5/c1-33-13-14-35-26-16-24-23(15-18(26)17-28)25(11-12-29-24)36-22-9-5-20(6-10-22)31-27(32)30-19-3-7-21(34-2)8-4-19/h3-12,15-16H,13-14H2,1-2H3,(H2,30,31,32). The van der Waals surface area contributed by atoms with Gasteiger partial charge in [0, 0.05) is 36.1 Å². The van der Waals surface area contributed by atoms with Crippen molar-refractivity contribution in [1.29, 1.82) is 5.26 Å². The van der Waals surface area contributed by atoms with E-state index in [9.17, 15) is 10.1 Å². The van der Waals surface area contributed by atoms with Crippen molar-refractivity contribution in [2.24, 2.45) is 0 Å². The predicted octanol–water partition coefficient (Wildman–Crippen LogP) is 5.58. The number of carbonyl (C=O) groups excluding carboxylic acids is 1. The normalized spacial score (nSPS) is 10.4. The fraction of sp³-hybridized carbons (Fsp3) is 0.148. The average molecular weight is 485 g/mol. The second-order valence-corrected chi connectivity index (χ2v) is 7.56. The molecule has 0 saturated carbocycles. The van der Waals surface area contributed by atoms with Gasteiger partial charge in [0.05, 0.1) is 24.8 Å². The number of methoxy groups -OCH3 is 2. The van der Waals surface area contributed by atoms with Gasteiger partial charge in [-0.2, -0.15) is 5.26 Å². The molecule has 0 aliphatic rings. The Bertz CT molecular complexity index is 1380. The molecule has 36 heavy (non-hydrogen) atoms. The summed E-state index contributed by atoms with van der Waals surface area (Å²) in [5, 5.41) is 15.8. The topological polar surface area (TPSA) is 115 Å². The molecular formula is C27H24N4O5. The van der Waals surface area contributed by atoms with Crippen LogP contribution in [0.2, 0.25) is 0 Å². The molecule has 182 valence electrons. The van der Waals surface area contributed by atoms with E-state index in [4.69, 9.17) is 18.9 Å². The van der Waals surface area contributed by atoms with Crippen LogP contribution in [0.25, 0.3) is 10.9 Å². The summed E-state index contributed by atoms with van der Waals surface area (Å²) in [5.41, 5.74) is 2.24. The number of ether oxygens (including phenoxy) is 4. The summed E-state index contributed by atoms with van der Waals surface area (Å²) in [5.74, 6) is 2.24. The SMILES string of the molecule is COCCOc1cc2nccc(Oc3ccc(NC(=O)Nc4ccc(OC)cc4)cc3)c2cc1C#N. The molecular weight excluding hydrogens is 460 g/mol. The molecule has 0 fully saturated rings. The number of rotatable bonds is 9. The van der Waals surface area contributed by atoms with Crippen LogP contribution in [0.4, 0.5) is 16.2 Å². The lowest BCUT2D eigenvalue weighted by Gasteiger charge is -2.12. The van der Waals surface area contributed by atoms with E-state index in [2.05, 4.69) is 21.7 Å². The molecule has 0 aliphatic heterocycles. The van der Waals surface area contributed by atoms with E-state index in [1.54, 1.807) is 87.1 Å². The molecule has 0 radical (unpaired) electrons. The van der Waals surface area contributed by atoms with Crippen LogP contribution in [0, 0.1) is 11.3 Å². The Balaban J connectivity index is 1.44. The lowest BCUT2D eigenvalue weighted by molar-refractivity contribution is 0.146. The van der Waals surface area contributed by atoms with Gasteiger partial charge >= 0.3 is 6.03 Å². The highest BCUT2D eigenvalue weighted by Crippen LogP contribution is 2.33. The number of hydrogen-bond donors (Lipinski definition) is 2. The van der Waals surface area contributed by atoms with Gasteiger partial charge in [0.1, 0.15) is 35.7 Å². The Morgan fingerprint density at radius 3 is 2.17 bits per heavy atom. The average Bonchev–Trinajstić information content (AvgIpc) is 2.90. The summed E-state index contributed by atoms with van der Waals surface area (Å²) in [6.07, 6.45) is 1.63. The van der Waals surface area contributed by atoms with Crippen molar-refractivity contribution in [3.63, 3.8) is 0 Å². The van der Waals surface area contributed by atoms with E-state index in [0.717, 1.165) is 0 Å². The fourth-order valence-electron chi connectivity index (χ4n) is 3.38. The number of fused-ring (bicyclic) bond motifs is 1. The maximum absolute atomic E-state index is 12.3. The first kappa shape index (κ1) is 24.3. The first-order valence-electron chi connectivity index (χ1n) is 11.0. The van der Waals surface area contributed by atoms with Gasteiger partial charge < -0.3 is 29.6 Å². The molecule has 0 bridgehead atoms. The minimum absolute atomic E-state index is 0.325. The van der Waals surface area contributed by atoms with Crippen molar-refractivity contribution in [3.8, 4) is 29.1 Å². The third-order valence-corrected chi connectivity index (χ3v) is 5.16. The van der Waals surface area contributed by atoms with Gasteiger partial charge in [-0.3, -0.25) is 4.98 Å². The van der Waals surface area contributed by atoms with Crippen LogP contribution < -0.4 is 24.8 Å². The van der Waals surface area contributed by atoms with Crippen LogP contribution in [-0.2, 0) is 4.74 Å². The number of anilines is 2. The van der Waals surface area contributed by atoms with Gasteiger partial charge in [0.2, 0.25) is 0 Å². The van der Waals surface area contributed by atoms with Gasteiger partial charge in [-0.05, 0) is 60.7 Å². The van der Waals surface area contributed by atoms with E-state index < -0.39 is 0 Å². The first-order valence-corrected chi connectivity index (χ1v) is 11.0. The van der Waals surface area contributed by atoms with Gasteiger partial charge in [0.15, 0.2) is 0 Å². The minimum atomic E-state index is -0.374. The molecule has 4 rings (SSSR count). The monoisotopic (exact) mass is 484 g/mol. The second-order valence-electron chi connectivity index (χ2n) is 7.56. The highest BCUT2D eigenvalue weighted by molar-refractivity contribution is 5.99. The van der Waals surface area contributed by atoms with Crippen LogP contribution in [0.15, 0.2) is 72.9 Å². The van der Waals surface area contributed by atoms with Gasteiger partial charge in [-0.25, -0.2) is 4.79 Å². The van der Waals surface area contributed by atoms with Crippen molar-refractivity contribution in [2.75, 3.05) is 38.1 Å². The molecule has 0 spiro atoms. The van der Waals surface area contributed by atoms with E-state index in [1.807, 2.05) is 0 Å². The van der Waals surface area contributed by atoms with Crippen molar-refractivity contribution < 1.29 is 23.7 Å². The molecule has 1 aromatic heterocycles. The number of aromatic nitrogens is 1. The summed E-state index contributed by atoms with van der Waals surface area (Å²) < 4.78 is 21.8. The zero-order chi connectivity index (χ0) is 25.3. The summed E-state index contributed by atoms with van der Waals surface area (Å²) in [4.78, 5) is 16.7. The van der Waals surface area contributed by atoms with Gasteiger partial charge in [-0.15, -0.1) is 0 Å². The maximum Gasteiger partial charge on any atom is 0.323 e. The Kier molecular flexibility index (Phi) is 7.80. The lowest BCUT2D eigenvalue weighted by atomic mass is 10.1. The quantitative estimate of drug-likeness (QED) is 0.298. The number of amides is 2. The van der Waals surface area contributed by atoms with Crippen molar-refractivity contribution in [3.05, 3.63) is 78.5 Å². The third-order valence-electron chi connectivity index (χ3n) is 5.16. The highest BCUT2D eigenvalue weighted by atomic mass is 16.5. The summed E-state index contributed by atoms with van der Waals surface area (Å²) in [7, 11) is 3.17. The molecule has 2 N–H and O–H groups in total. The Hall–Kier alpha value is -4.81. The van der Waals surface area contributed by atoms with Crippen LogP contribution in [0.3, 0.4) is 0 Å². The molecule has 2 amide bonds. The summed E-state index contributed by atoms with van der Waals surface area (Å²) >= 11 is 0. The molecule has 0 unspecified atom stereocenters. The van der Waals surface area contributed by atoms with E-state index >= 15 is 0 Å². The summed E-state index contributed by atoms with van der Waals surface area (Å²) in [6, 6.07) is 20.9. The second kappa shape index (κ2) is 11.6. The molecule has 0 atom stereocenters. The highest BCUT2D eigenvalue weighted by Gasteiger charge is 2.12. The smallest absolute Gasteiger partial charge is 0.323 e. The third kappa shape index (κ3) is 6.00. The zero-order valence-electron chi connectivity index (χ0n) is 19.8. The molecule has 9 nitrogen and oxygen atoms in total. The largest absolute Gasteiger partial charge is 0.497 e. The Morgan fingerprint density at radius 1 is 0.889 bits per heavy atom. The zero-order valence-corrected chi connectivity index (χ0v) is 19.8. The predicted molar refractivity (Wildman–Crippen MR) is 136 cm³/mol. The van der Waals surface area contributed by atoms with E-state index in [0.29, 0.717) is 64.1 Å². The molecule has 0 saturated heterocycles. The van der Waals surface area contributed by atoms with Crippen LogP contribution in [0.1, 0.15) is 5.56 Å². The Morgan fingerprint density at radius 2 is 1.56 bits per heavy atom. The van der Waals surface area contributed by atoms with Gasteiger partial charge in [-0.1, -0.05) is 0 Å². The van der Waals surface area contributed by atoms with Crippen molar-refractivity contribution in [1.82, 2.24) is 4.98 Å². The Labute approximate surface area is 208 Å². The number of urea groups is 1. The number of nitrogens with zero attached hydrogens (tertiary/aromatic N) is 2. The number of pyridine rings is 1. The van der Waals surface area contributed by atoms with E-state index in [-0.39, 0.29) is 6.03 Å². The molecule has 3 aromatic carbocycles. The van der Waals surface area contributed by atoms with Crippen LogP contribution >= 0.6 is 0 Å². The van der Waals surface area contributed by atoms with Crippen molar-refractivity contribution >= 4 is 28.3 Å². The number of carbonyl (C=O) groups is 1. The molecule has 9 heteroatoms. The molecule has 1 heterocycles. The molecule has 0 aliphatic carbocycles. The minimum Gasteiger partial charge on any atom is -0.497 e. The maximum atomic E-state index is 12.3. The fourth-order valence-corrected chi connectivity index (χ4v) is 3.38. The number of hydrogen-bond acceptors (Lipinski definition) is 7. The molecule has 4 aromatic rings. The number of benzene rings is 3. The number of nitriles is 1. The van der Waals surface area contributed by atoms with Crippen molar-refractivity contribution in [2.45, 2.75) is 0 Å². The van der Waals surface area contributed by atoms with Gasteiger partial charge in [0.25, 0.3) is 0 Å². The van der Waals surface area contributed by atoms with Crippen LogP contribution in [-0.4, -0.2) is 38.4 Å². The summed E-state index contributed by atoms with van der Waals surface area (Å²) in [6.45, 7) is 0.735. The van der Waals surface area contributed by atoms with E-state index in [1.165, 1.54) is 0 Å². The number of nitrogens with one attached hydrogen (secondary N) is 2. The lowest BCUT2D eigenvalue weighted by Crippen LogP contribution is -2.19. The van der Waals surface area contributed by atoms with Crippen LogP contribution in [0.5, 0.6) is 23.0 Å².